The lowest BCUT2D eigenvalue weighted by molar-refractivity contribution is 0.210. The average Bonchev–Trinajstić information content (AvgIpc) is 2.95. The first-order valence-corrected chi connectivity index (χ1v) is 8.63. The largest absolute Gasteiger partial charge is 0.381 e. The summed E-state index contributed by atoms with van der Waals surface area (Å²) in [4.78, 5) is 2.62. The fraction of sp³-hybridized carbons (Fsp3) is 0.611. The lowest BCUT2D eigenvalue weighted by Gasteiger charge is -2.33. The molecule has 2 N–H and O–H groups in total. The first-order chi connectivity index (χ1) is 10.7. The normalized spacial score (nSPS) is 19.9. The van der Waals surface area contributed by atoms with Crippen molar-refractivity contribution < 1.29 is 0 Å². The van der Waals surface area contributed by atoms with Crippen molar-refractivity contribution >= 4 is 16.6 Å². The number of fused-ring (bicyclic) bond motifs is 1. The second kappa shape index (κ2) is 7.14. The summed E-state index contributed by atoms with van der Waals surface area (Å²) in [5.74, 6) is 0.820. The molecule has 0 spiro atoms. The third kappa shape index (κ3) is 4.01. The van der Waals surface area contributed by atoms with E-state index in [1.54, 1.807) is 0 Å². The van der Waals surface area contributed by atoms with Crippen LogP contribution in [0.4, 0.5) is 5.69 Å². The standard InChI is InChI=1S/C18H28N4/c1-14(2)5-3-9-22-10-4-6-17(13-22)20-16-7-8-18-15(11-16)12-19-21-18/h7-8,11-12,14,17,20H,3-6,9-10,13H2,1-2H3,(H,19,21). The summed E-state index contributed by atoms with van der Waals surface area (Å²) in [6, 6.07) is 7.01. The summed E-state index contributed by atoms with van der Waals surface area (Å²) in [6.07, 6.45) is 7.12. The molecule has 2 heterocycles. The highest BCUT2D eigenvalue weighted by Gasteiger charge is 2.19. The number of anilines is 1. The molecule has 0 radical (unpaired) electrons. The second-order valence-corrected chi connectivity index (χ2v) is 6.99. The van der Waals surface area contributed by atoms with Gasteiger partial charge in [-0.1, -0.05) is 13.8 Å². The molecule has 0 saturated carbocycles. The lowest BCUT2D eigenvalue weighted by atomic mass is 10.0. The van der Waals surface area contributed by atoms with Gasteiger partial charge >= 0.3 is 0 Å². The van der Waals surface area contributed by atoms with Gasteiger partial charge in [0.25, 0.3) is 0 Å². The molecule has 3 rings (SSSR count). The molecule has 1 unspecified atom stereocenters. The van der Waals surface area contributed by atoms with Crippen LogP contribution in [0.1, 0.15) is 39.5 Å². The van der Waals surface area contributed by atoms with E-state index in [2.05, 4.69) is 52.5 Å². The van der Waals surface area contributed by atoms with Crippen LogP contribution < -0.4 is 5.32 Å². The Morgan fingerprint density at radius 3 is 3.18 bits per heavy atom. The number of benzene rings is 1. The van der Waals surface area contributed by atoms with E-state index >= 15 is 0 Å². The van der Waals surface area contributed by atoms with E-state index < -0.39 is 0 Å². The zero-order valence-electron chi connectivity index (χ0n) is 13.8. The second-order valence-electron chi connectivity index (χ2n) is 6.99. The summed E-state index contributed by atoms with van der Waals surface area (Å²) in [5, 5.41) is 12.0. The summed E-state index contributed by atoms with van der Waals surface area (Å²) < 4.78 is 0. The Balaban J connectivity index is 1.53. The van der Waals surface area contributed by atoms with Gasteiger partial charge in [0.15, 0.2) is 0 Å². The van der Waals surface area contributed by atoms with Crippen LogP contribution in [0.3, 0.4) is 0 Å². The Morgan fingerprint density at radius 2 is 2.32 bits per heavy atom. The minimum atomic E-state index is 0.567. The van der Waals surface area contributed by atoms with Gasteiger partial charge in [0.05, 0.1) is 11.7 Å². The number of aromatic amines is 1. The minimum Gasteiger partial charge on any atom is -0.381 e. The summed E-state index contributed by atoms with van der Waals surface area (Å²) >= 11 is 0. The van der Waals surface area contributed by atoms with Gasteiger partial charge < -0.3 is 10.2 Å². The highest BCUT2D eigenvalue weighted by atomic mass is 15.2. The molecule has 1 fully saturated rings. The molecule has 1 atom stereocenters. The zero-order valence-corrected chi connectivity index (χ0v) is 13.8. The maximum atomic E-state index is 4.09. The van der Waals surface area contributed by atoms with Gasteiger partial charge in [-0.05, 0) is 62.9 Å². The van der Waals surface area contributed by atoms with E-state index in [-0.39, 0.29) is 0 Å². The van der Waals surface area contributed by atoms with Crippen LogP contribution in [0.5, 0.6) is 0 Å². The van der Waals surface area contributed by atoms with Gasteiger partial charge in [-0.2, -0.15) is 5.10 Å². The Morgan fingerprint density at radius 1 is 1.41 bits per heavy atom. The summed E-state index contributed by atoms with van der Waals surface area (Å²) in [5.41, 5.74) is 2.31. The Kier molecular flexibility index (Phi) is 4.98. The van der Waals surface area contributed by atoms with E-state index in [1.807, 2.05) is 6.20 Å². The molecule has 1 aromatic heterocycles. The first-order valence-electron chi connectivity index (χ1n) is 8.63. The van der Waals surface area contributed by atoms with Crippen molar-refractivity contribution in [3.05, 3.63) is 24.4 Å². The lowest BCUT2D eigenvalue weighted by Crippen LogP contribution is -2.42. The Hall–Kier alpha value is -1.55. The fourth-order valence-electron chi connectivity index (χ4n) is 3.37. The summed E-state index contributed by atoms with van der Waals surface area (Å²) in [7, 11) is 0. The molecule has 1 saturated heterocycles. The Labute approximate surface area is 133 Å². The van der Waals surface area contributed by atoms with Gasteiger partial charge in [0.1, 0.15) is 0 Å². The van der Waals surface area contributed by atoms with Crippen molar-refractivity contribution in [2.75, 3.05) is 25.0 Å². The van der Waals surface area contributed by atoms with Gasteiger partial charge in [-0.15, -0.1) is 0 Å². The third-order valence-electron chi connectivity index (χ3n) is 4.57. The van der Waals surface area contributed by atoms with E-state index in [0.717, 1.165) is 11.4 Å². The number of H-pyrrole nitrogens is 1. The number of hydrogen-bond acceptors (Lipinski definition) is 3. The number of nitrogens with one attached hydrogen (secondary N) is 2. The maximum absolute atomic E-state index is 4.09. The van der Waals surface area contributed by atoms with Crippen molar-refractivity contribution in [1.29, 1.82) is 0 Å². The number of rotatable bonds is 6. The molecule has 1 aliphatic rings. The smallest absolute Gasteiger partial charge is 0.0651 e. The molecule has 2 aromatic rings. The number of likely N-dealkylation sites (tertiary alicyclic amines) is 1. The molecule has 22 heavy (non-hydrogen) atoms. The highest BCUT2D eigenvalue weighted by Crippen LogP contribution is 2.20. The molecule has 0 aliphatic carbocycles. The van der Waals surface area contributed by atoms with Gasteiger partial charge in [-0.25, -0.2) is 0 Å². The SMILES string of the molecule is CC(C)CCCN1CCCC(Nc2ccc3[nH]ncc3c2)C1. The van der Waals surface area contributed by atoms with E-state index in [0.29, 0.717) is 6.04 Å². The van der Waals surface area contributed by atoms with E-state index in [4.69, 9.17) is 0 Å². The predicted molar refractivity (Wildman–Crippen MR) is 93.3 cm³/mol. The highest BCUT2D eigenvalue weighted by molar-refractivity contribution is 5.81. The van der Waals surface area contributed by atoms with E-state index in [1.165, 1.54) is 56.4 Å². The van der Waals surface area contributed by atoms with Crippen molar-refractivity contribution in [3.8, 4) is 0 Å². The molecule has 0 amide bonds. The van der Waals surface area contributed by atoms with Gasteiger partial charge in [-0.3, -0.25) is 5.10 Å². The maximum Gasteiger partial charge on any atom is 0.0651 e. The molecule has 1 aromatic carbocycles. The van der Waals surface area contributed by atoms with Crippen LogP contribution in [0, 0.1) is 5.92 Å². The topological polar surface area (TPSA) is 44.0 Å². The van der Waals surface area contributed by atoms with Gasteiger partial charge in [0, 0.05) is 23.7 Å². The number of nitrogens with zero attached hydrogens (tertiary/aromatic N) is 2. The van der Waals surface area contributed by atoms with Crippen LogP contribution in [0.25, 0.3) is 10.9 Å². The number of piperidine rings is 1. The predicted octanol–water partition coefficient (Wildman–Crippen LogP) is 3.88. The monoisotopic (exact) mass is 300 g/mol. The molecule has 120 valence electrons. The van der Waals surface area contributed by atoms with Crippen molar-refractivity contribution in [2.24, 2.45) is 5.92 Å². The third-order valence-corrected chi connectivity index (χ3v) is 4.57. The van der Waals surface area contributed by atoms with Crippen LogP contribution in [-0.2, 0) is 0 Å². The first kappa shape index (κ1) is 15.3. The molecule has 0 bridgehead atoms. The molecule has 4 heteroatoms. The minimum absolute atomic E-state index is 0.567. The average molecular weight is 300 g/mol. The van der Waals surface area contributed by atoms with E-state index in [9.17, 15) is 0 Å². The van der Waals surface area contributed by atoms with Crippen LogP contribution >= 0.6 is 0 Å². The van der Waals surface area contributed by atoms with Crippen molar-refractivity contribution in [1.82, 2.24) is 15.1 Å². The number of hydrogen-bond donors (Lipinski definition) is 2. The summed E-state index contributed by atoms with van der Waals surface area (Å²) in [6.45, 7) is 8.30. The van der Waals surface area contributed by atoms with Crippen molar-refractivity contribution in [3.63, 3.8) is 0 Å². The van der Waals surface area contributed by atoms with Crippen molar-refractivity contribution in [2.45, 2.75) is 45.6 Å². The van der Waals surface area contributed by atoms with Gasteiger partial charge in [0.2, 0.25) is 0 Å². The Bertz CT molecular complexity index is 590. The van der Waals surface area contributed by atoms with Crippen LogP contribution in [-0.4, -0.2) is 40.8 Å². The fourth-order valence-corrected chi connectivity index (χ4v) is 3.37. The van der Waals surface area contributed by atoms with Crippen LogP contribution in [0.2, 0.25) is 0 Å². The number of aromatic nitrogens is 2. The molecular formula is C18H28N4. The molecule has 4 nitrogen and oxygen atoms in total. The van der Waals surface area contributed by atoms with Crippen LogP contribution in [0.15, 0.2) is 24.4 Å². The zero-order chi connectivity index (χ0) is 15.4. The molecule has 1 aliphatic heterocycles. The quantitative estimate of drug-likeness (QED) is 0.851. The molecular weight excluding hydrogens is 272 g/mol.